The van der Waals surface area contributed by atoms with Gasteiger partial charge in [-0.2, -0.15) is 0 Å². The van der Waals surface area contributed by atoms with Crippen LogP contribution in [0.25, 0.3) is 0 Å². The number of aliphatic hydroxyl groups is 2. The first kappa shape index (κ1) is 22.0. The molecular formula is C25H24BNO6. The van der Waals surface area contributed by atoms with E-state index in [-0.39, 0.29) is 11.9 Å². The molecule has 1 aliphatic rings. The SMILES string of the molecule is CN1C=C(O)OB(c2cccc(OCCc3cccc(Oc4ccccc4)c3)c2)O/C(O)=C\1. The second kappa shape index (κ2) is 10.4. The van der Waals surface area contributed by atoms with Crippen molar-refractivity contribution < 1.29 is 29.0 Å². The standard InChI is InChI=1S/C25H24BNO6/c1-27-17-24(28)32-26(33-25(29)18-27)20-8-6-11-22(16-20)30-14-13-19-7-5-12-23(15-19)31-21-9-3-2-4-10-21/h2-12,15-18,28-29H,13-14H2,1H3/b24-17-,25-18?. The number of ether oxygens (including phenoxy) is 2. The molecule has 0 atom stereocenters. The molecule has 0 saturated heterocycles. The molecule has 0 unspecified atom stereocenters. The molecule has 0 bridgehead atoms. The van der Waals surface area contributed by atoms with Crippen molar-refractivity contribution in [1.29, 1.82) is 0 Å². The van der Waals surface area contributed by atoms with Crippen molar-refractivity contribution in [3.05, 3.63) is 109 Å². The number of nitrogens with zero attached hydrogens (tertiary/aromatic N) is 1. The van der Waals surface area contributed by atoms with E-state index in [2.05, 4.69) is 0 Å². The summed E-state index contributed by atoms with van der Waals surface area (Å²) in [5, 5.41) is 19.8. The van der Waals surface area contributed by atoms with Crippen LogP contribution in [0.1, 0.15) is 5.56 Å². The lowest BCUT2D eigenvalue weighted by Gasteiger charge is -2.20. The fourth-order valence-corrected chi connectivity index (χ4v) is 3.25. The minimum Gasteiger partial charge on any atom is -0.494 e. The van der Waals surface area contributed by atoms with Gasteiger partial charge in [0.2, 0.25) is 0 Å². The second-order valence-electron chi connectivity index (χ2n) is 7.40. The van der Waals surface area contributed by atoms with E-state index in [0.29, 0.717) is 24.2 Å². The molecule has 7 nitrogen and oxygen atoms in total. The Labute approximate surface area is 192 Å². The smallest absolute Gasteiger partial charge is 0.494 e. The van der Waals surface area contributed by atoms with E-state index in [9.17, 15) is 10.2 Å². The molecule has 0 radical (unpaired) electrons. The van der Waals surface area contributed by atoms with Gasteiger partial charge in [0.15, 0.2) is 0 Å². The van der Waals surface area contributed by atoms with Gasteiger partial charge in [0.05, 0.1) is 19.0 Å². The lowest BCUT2D eigenvalue weighted by molar-refractivity contribution is 0.124. The summed E-state index contributed by atoms with van der Waals surface area (Å²) in [6.45, 7) is 0.450. The lowest BCUT2D eigenvalue weighted by Crippen LogP contribution is -2.37. The highest BCUT2D eigenvalue weighted by molar-refractivity contribution is 6.61. The van der Waals surface area contributed by atoms with E-state index >= 15 is 0 Å². The Hall–Kier alpha value is -4.20. The summed E-state index contributed by atoms with van der Waals surface area (Å²) >= 11 is 0. The molecule has 1 heterocycles. The number of hydrogen-bond donors (Lipinski definition) is 2. The fraction of sp³-hybridized carbons (Fsp3) is 0.120. The molecule has 0 fully saturated rings. The normalized spacial score (nSPS) is 15.2. The van der Waals surface area contributed by atoms with Crippen molar-refractivity contribution in [3.63, 3.8) is 0 Å². The van der Waals surface area contributed by atoms with Gasteiger partial charge in [0, 0.05) is 18.9 Å². The quantitative estimate of drug-likeness (QED) is 0.519. The van der Waals surface area contributed by atoms with Crippen LogP contribution >= 0.6 is 0 Å². The zero-order valence-electron chi connectivity index (χ0n) is 18.1. The highest BCUT2D eigenvalue weighted by atomic mass is 16.7. The summed E-state index contributed by atoms with van der Waals surface area (Å²) in [7, 11) is 0.596. The van der Waals surface area contributed by atoms with Crippen molar-refractivity contribution in [2.45, 2.75) is 6.42 Å². The zero-order chi connectivity index (χ0) is 23.0. The lowest BCUT2D eigenvalue weighted by atomic mass is 9.78. The highest BCUT2D eigenvalue weighted by Gasteiger charge is 2.30. The number of hydrogen-bond acceptors (Lipinski definition) is 7. The fourth-order valence-electron chi connectivity index (χ4n) is 3.25. The molecule has 3 aromatic carbocycles. The minimum absolute atomic E-state index is 0.338. The van der Waals surface area contributed by atoms with Gasteiger partial charge in [-0.25, -0.2) is 0 Å². The van der Waals surface area contributed by atoms with Crippen LogP contribution in [0.3, 0.4) is 0 Å². The summed E-state index contributed by atoms with van der Waals surface area (Å²) in [6.07, 6.45) is 3.33. The van der Waals surface area contributed by atoms with Crippen LogP contribution in [-0.2, 0) is 15.7 Å². The molecule has 33 heavy (non-hydrogen) atoms. The van der Waals surface area contributed by atoms with Crippen LogP contribution in [-0.4, -0.2) is 35.9 Å². The maximum Gasteiger partial charge on any atom is 0.636 e. The van der Waals surface area contributed by atoms with Gasteiger partial charge in [0.1, 0.15) is 17.2 Å². The van der Waals surface area contributed by atoms with Gasteiger partial charge in [-0.1, -0.05) is 42.5 Å². The predicted octanol–water partition coefficient (Wildman–Crippen LogP) is 4.49. The van der Waals surface area contributed by atoms with Crippen molar-refractivity contribution in [2.24, 2.45) is 0 Å². The van der Waals surface area contributed by atoms with Crippen LogP contribution in [0, 0.1) is 0 Å². The molecule has 2 N–H and O–H groups in total. The molecule has 0 saturated carbocycles. The number of para-hydroxylation sites is 1. The first-order valence-electron chi connectivity index (χ1n) is 10.5. The van der Waals surface area contributed by atoms with Crippen molar-refractivity contribution >= 4 is 12.6 Å². The summed E-state index contributed by atoms with van der Waals surface area (Å²) in [5.41, 5.74) is 1.66. The van der Waals surface area contributed by atoms with Crippen molar-refractivity contribution in [2.75, 3.05) is 13.7 Å². The second-order valence-corrected chi connectivity index (χ2v) is 7.40. The Kier molecular flexibility index (Phi) is 6.95. The van der Waals surface area contributed by atoms with Gasteiger partial charge >= 0.3 is 7.12 Å². The van der Waals surface area contributed by atoms with Crippen molar-refractivity contribution in [3.8, 4) is 17.2 Å². The van der Waals surface area contributed by atoms with E-state index in [1.165, 1.54) is 17.3 Å². The number of rotatable bonds is 7. The first-order chi connectivity index (χ1) is 16.0. The third-order valence-electron chi connectivity index (χ3n) is 4.75. The molecule has 0 spiro atoms. The molecule has 0 aromatic heterocycles. The monoisotopic (exact) mass is 445 g/mol. The zero-order valence-corrected chi connectivity index (χ0v) is 18.1. The van der Waals surface area contributed by atoms with Gasteiger partial charge in [0.25, 0.3) is 11.9 Å². The third-order valence-corrected chi connectivity index (χ3v) is 4.75. The Morgan fingerprint density at radius 1 is 0.788 bits per heavy atom. The Morgan fingerprint density at radius 2 is 1.45 bits per heavy atom. The summed E-state index contributed by atoms with van der Waals surface area (Å²) in [6, 6.07) is 24.6. The van der Waals surface area contributed by atoms with Crippen molar-refractivity contribution in [1.82, 2.24) is 4.90 Å². The highest BCUT2D eigenvalue weighted by Crippen LogP contribution is 2.22. The van der Waals surface area contributed by atoms with Crippen LogP contribution in [0.15, 0.2) is 103 Å². The molecule has 168 valence electrons. The number of benzene rings is 3. The first-order valence-corrected chi connectivity index (χ1v) is 10.5. The number of aliphatic hydroxyl groups excluding tert-OH is 2. The van der Waals surface area contributed by atoms with Gasteiger partial charge < -0.3 is 33.9 Å². The van der Waals surface area contributed by atoms with Crippen LogP contribution < -0.4 is 14.9 Å². The summed E-state index contributed by atoms with van der Waals surface area (Å²) in [4.78, 5) is 1.42. The Balaban J connectivity index is 1.36. The van der Waals surface area contributed by atoms with Crippen LogP contribution in [0.5, 0.6) is 17.2 Å². The van der Waals surface area contributed by atoms with Crippen LogP contribution in [0.2, 0.25) is 0 Å². The molecule has 1 aliphatic heterocycles. The molecule has 4 rings (SSSR count). The molecule has 0 amide bonds. The van der Waals surface area contributed by atoms with Gasteiger partial charge in [-0.15, -0.1) is 0 Å². The average Bonchev–Trinajstić information content (AvgIpc) is 2.79. The van der Waals surface area contributed by atoms with E-state index in [1.807, 2.05) is 60.7 Å². The molecule has 0 aliphatic carbocycles. The van der Waals surface area contributed by atoms with E-state index in [0.717, 1.165) is 17.1 Å². The maximum absolute atomic E-state index is 9.92. The Bertz CT molecular complexity index is 1110. The minimum atomic E-state index is -1.03. The van der Waals surface area contributed by atoms with Gasteiger partial charge in [-0.05, 0) is 42.0 Å². The van der Waals surface area contributed by atoms with Gasteiger partial charge in [-0.3, -0.25) is 0 Å². The topological polar surface area (TPSA) is 80.6 Å². The molecule has 3 aromatic rings. The summed E-state index contributed by atoms with van der Waals surface area (Å²) < 4.78 is 22.6. The summed E-state index contributed by atoms with van der Waals surface area (Å²) in [5.74, 6) is 1.49. The Morgan fingerprint density at radius 3 is 2.21 bits per heavy atom. The predicted molar refractivity (Wildman–Crippen MR) is 125 cm³/mol. The maximum atomic E-state index is 9.92. The van der Waals surface area contributed by atoms with E-state index in [1.54, 1.807) is 25.2 Å². The van der Waals surface area contributed by atoms with E-state index in [4.69, 9.17) is 18.8 Å². The third kappa shape index (κ3) is 6.40. The van der Waals surface area contributed by atoms with Crippen LogP contribution in [0.4, 0.5) is 0 Å². The van der Waals surface area contributed by atoms with E-state index < -0.39 is 7.12 Å². The molecular weight excluding hydrogens is 421 g/mol. The largest absolute Gasteiger partial charge is 0.636 e. The molecule has 8 heteroatoms. The average molecular weight is 445 g/mol.